The molecule has 0 saturated heterocycles. The topological polar surface area (TPSA) is 18.5 Å². The van der Waals surface area contributed by atoms with Crippen molar-refractivity contribution in [3.05, 3.63) is 57.8 Å². The van der Waals surface area contributed by atoms with Crippen molar-refractivity contribution in [2.75, 3.05) is 14.2 Å². The lowest BCUT2D eigenvalue weighted by Crippen LogP contribution is -1.99. The number of hydrogen-bond donors (Lipinski definition) is 0. The minimum Gasteiger partial charge on any atom is -0.496 e. The first-order valence-corrected chi connectivity index (χ1v) is 7.58. The lowest BCUT2D eigenvalue weighted by atomic mass is 10.0. The van der Waals surface area contributed by atoms with Crippen molar-refractivity contribution in [1.29, 1.82) is 0 Å². The molecule has 20 heavy (non-hydrogen) atoms. The summed E-state index contributed by atoms with van der Waals surface area (Å²) in [6, 6.07) is 10.2. The zero-order valence-electron chi connectivity index (χ0n) is 11.0. The van der Waals surface area contributed by atoms with Crippen molar-refractivity contribution in [2.24, 2.45) is 0 Å². The number of methoxy groups -OCH3 is 2. The SMILES string of the molecule is COc1cc(C(Br)c2cccc(F)c2)c(OC)cc1Br. The van der Waals surface area contributed by atoms with Crippen molar-refractivity contribution in [3.8, 4) is 11.5 Å². The molecule has 106 valence electrons. The summed E-state index contributed by atoms with van der Waals surface area (Å²) in [4.78, 5) is -0.185. The molecular formula is C15H13Br2FO2. The van der Waals surface area contributed by atoms with Gasteiger partial charge in [0.1, 0.15) is 17.3 Å². The second-order valence-electron chi connectivity index (χ2n) is 4.15. The summed E-state index contributed by atoms with van der Waals surface area (Å²) in [6.45, 7) is 0. The number of halogens is 3. The molecule has 0 aliphatic carbocycles. The Labute approximate surface area is 134 Å². The van der Waals surface area contributed by atoms with Gasteiger partial charge in [-0.05, 0) is 45.8 Å². The van der Waals surface area contributed by atoms with Crippen LogP contribution in [0.2, 0.25) is 0 Å². The third-order valence-corrected chi connectivity index (χ3v) is 4.56. The lowest BCUT2D eigenvalue weighted by molar-refractivity contribution is 0.397. The van der Waals surface area contributed by atoms with Crippen LogP contribution in [0.15, 0.2) is 40.9 Å². The summed E-state index contributed by atoms with van der Waals surface area (Å²) in [7, 11) is 3.20. The Morgan fingerprint density at radius 2 is 1.75 bits per heavy atom. The largest absolute Gasteiger partial charge is 0.496 e. The van der Waals surface area contributed by atoms with E-state index in [4.69, 9.17) is 9.47 Å². The average Bonchev–Trinajstić information content (AvgIpc) is 2.46. The van der Waals surface area contributed by atoms with E-state index in [9.17, 15) is 4.39 Å². The van der Waals surface area contributed by atoms with Gasteiger partial charge in [0.25, 0.3) is 0 Å². The van der Waals surface area contributed by atoms with Crippen LogP contribution in [0.5, 0.6) is 11.5 Å². The Morgan fingerprint density at radius 1 is 1.05 bits per heavy atom. The van der Waals surface area contributed by atoms with Gasteiger partial charge in [0, 0.05) is 5.56 Å². The maximum absolute atomic E-state index is 13.4. The third-order valence-electron chi connectivity index (χ3n) is 2.92. The van der Waals surface area contributed by atoms with Crippen LogP contribution in [0, 0.1) is 5.82 Å². The van der Waals surface area contributed by atoms with Crippen LogP contribution in [-0.2, 0) is 0 Å². The van der Waals surface area contributed by atoms with Crippen LogP contribution in [0.1, 0.15) is 16.0 Å². The Balaban J connectivity index is 2.50. The first-order valence-electron chi connectivity index (χ1n) is 5.87. The number of alkyl halides is 1. The molecule has 2 aromatic carbocycles. The standard InChI is InChI=1S/C15H13Br2FO2/c1-19-13-8-12(16)14(20-2)7-11(13)15(17)9-4-3-5-10(18)6-9/h3-8,15H,1-2H3. The maximum atomic E-state index is 13.4. The molecule has 0 saturated carbocycles. The molecule has 0 heterocycles. The highest BCUT2D eigenvalue weighted by Crippen LogP contribution is 2.41. The van der Waals surface area contributed by atoms with Gasteiger partial charge in [-0.2, -0.15) is 0 Å². The third kappa shape index (κ3) is 3.15. The quantitative estimate of drug-likeness (QED) is 0.662. The van der Waals surface area contributed by atoms with Crippen molar-refractivity contribution < 1.29 is 13.9 Å². The second kappa shape index (κ2) is 6.59. The Kier molecular flexibility index (Phi) is 5.05. The average molecular weight is 404 g/mol. The molecule has 0 amide bonds. The van der Waals surface area contributed by atoms with Crippen LogP contribution < -0.4 is 9.47 Å². The first kappa shape index (κ1) is 15.3. The van der Waals surface area contributed by atoms with Gasteiger partial charge in [0.05, 0.1) is 23.5 Å². The molecule has 0 bridgehead atoms. The van der Waals surface area contributed by atoms with Crippen molar-refractivity contribution in [2.45, 2.75) is 4.83 Å². The van der Waals surface area contributed by atoms with Gasteiger partial charge in [0.15, 0.2) is 0 Å². The fraction of sp³-hybridized carbons (Fsp3) is 0.200. The van der Waals surface area contributed by atoms with Gasteiger partial charge < -0.3 is 9.47 Å². The molecule has 2 nitrogen and oxygen atoms in total. The molecule has 0 fully saturated rings. The Bertz CT molecular complexity index is 617. The molecule has 0 radical (unpaired) electrons. The monoisotopic (exact) mass is 402 g/mol. The van der Waals surface area contributed by atoms with E-state index < -0.39 is 0 Å². The van der Waals surface area contributed by atoms with Crippen LogP contribution in [-0.4, -0.2) is 14.2 Å². The molecule has 0 spiro atoms. The van der Waals surface area contributed by atoms with E-state index in [2.05, 4.69) is 31.9 Å². The lowest BCUT2D eigenvalue weighted by Gasteiger charge is -2.17. The highest BCUT2D eigenvalue weighted by Gasteiger charge is 2.18. The predicted molar refractivity (Wildman–Crippen MR) is 84.4 cm³/mol. The molecule has 0 N–H and O–H groups in total. The number of benzene rings is 2. The van der Waals surface area contributed by atoms with Crippen molar-refractivity contribution in [1.82, 2.24) is 0 Å². The van der Waals surface area contributed by atoms with Crippen LogP contribution in [0.3, 0.4) is 0 Å². The van der Waals surface area contributed by atoms with Gasteiger partial charge in [0.2, 0.25) is 0 Å². The van der Waals surface area contributed by atoms with E-state index in [1.165, 1.54) is 12.1 Å². The number of hydrogen-bond acceptors (Lipinski definition) is 2. The van der Waals surface area contributed by atoms with Gasteiger partial charge in [-0.3, -0.25) is 0 Å². The van der Waals surface area contributed by atoms with Gasteiger partial charge in [-0.15, -0.1) is 0 Å². The molecule has 0 aliphatic rings. The number of ether oxygens (including phenoxy) is 2. The van der Waals surface area contributed by atoms with Gasteiger partial charge in [-0.25, -0.2) is 4.39 Å². The summed E-state index contributed by atoms with van der Waals surface area (Å²) in [5, 5.41) is 0. The molecule has 5 heteroatoms. The van der Waals surface area contributed by atoms with E-state index >= 15 is 0 Å². The fourth-order valence-electron chi connectivity index (χ4n) is 1.93. The van der Waals surface area contributed by atoms with E-state index in [1.54, 1.807) is 20.3 Å². The predicted octanol–water partition coefficient (Wildman–Crippen LogP) is 5.09. The van der Waals surface area contributed by atoms with Crippen molar-refractivity contribution in [3.63, 3.8) is 0 Å². The van der Waals surface area contributed by atoms with Crippen LogP contribution in [0.25, 0.3) is 0 Å². The zero-order valence-corrected chi connectivity index (χ0v) is 14.2. The zero-order chi connectivity index (χ0) is 14.7. The summed E-state index contributed by atoms with van der Waals surface area (Å²) in [5.74, 6) is 1.13. The number of rotatable bonds is 4. The molecule has 0 aromatic heterocycles. The highest BCUT2D eigenvalue weighted by atomic mass is 79.9. The van der Waals surface area contributed by atoms with E-state index in [1.807, 2.05) is 18.2 Å². The minimum absolute atomic E-state index is 0.185. The molecular weight excluding hydrogens is 391 g/mol. The highest BCUT2D eigenvalue weighted by molar-refractivity contribution is 9.10. The van der Waals surface area contributed by atoms with E-state index in [0.29, 0.717) is 11.5 Å². The molecule has 1 atom stereocenters. The van der Waals surface area contributed by atoms with Crippen LogP contribution >= 0.6 is 31.9 Å². The normalized spacial score (nSPS) is 12.1. The smallest absolute Gasteiger partial charge is 0.133 e. The maximum Gasteiger partial charge on any atom is 0.133 e. The Hall–Kier alpha value is -1.07. The minimum atomic E-state index is -0.269. The summed E-state index contributed by atoms with van der Waals surface area (Å²) in [5.41, 5.74) is 1.69. The van der Waals surface area contributed by atoms with Gasteiger partial charge >= 0.3 is 0 Å². The summed E-state index contributed by atoms with van der Waals surface area (Å²) in [6.07, 6.45) is 0. The van der Waals surface area contributed by atoms with Crippen molar-refractivity contribution >= 4 is 31.9 Å². The molecule has 1 unspecified atom stereocenters. The second-order valence-corrected chi connectivity index (χ2v) is 5.92. The fourth-order valence-corrected chi connectivity index (χ4v) is 3.05. The Morgan fingerprint density at radius 3 is 2.35 bits per heavy atom. The van der Waals surface area contributed by atoms with Crippen LogP contribution in [0.4, 0.5) is 4.39 Å². The molecule has 2 rings (SSSR count). The van der Waals surface area contributed by atoms with E-state index in [-0.39, 0.29) is 10.6 Å². The van der Waals surface area contributed by atoms with Gasteiger partial charge in [-0.1, -0.05) is 28.1 Å². The van der Waals surface area contributed by atoms with E-state index in [0.717, 1.165) is 15.6 Å². The molecule has 2 aromatic rings. The summed E-state index contributed by atoms with van der Waals surface area (Å²) < 4.78 is 24.8. The first-order chi connectivity index (χ1) is 9.56. The summed E-state index contributed by atoms with van der Waals surface area (Å²) >= 11 is 7.01. The molecule has 0 aliphatic heterocycles.